The van der Waals surface area contributed by atoms with E-state index in [4.69, 9.17) is 5.73 Å². The van der Waals surface area contributed by atoms with Gasteiger partial charge in [0, 0.05) is 32.1 Å². The monoisotopic (exact) mass is 472 g/mol. The third-order valence-electron chi connectivity index (χ3n) is 5.01. The van der Waals surface area contributed by atoms with Gasteiger partial charge >= 0.3 is 0 Å². The van der Waals surface area contributed by atoms with Crippen molar-refractivity contribution in [2.75, 3.05) is 32.7 Å². The number of halogens is 5. The van der Waals surface area contributed by atoms with Gasteiger partial charge in [0.25, 0.3) is 0 Å². The zero-order chi connectivity index (χ0) is 20.8. The van der Waals surface area contributed by atoms with Crippen molar-refractivity contribution in [1.82, 2.24) is 15.1 Å². The van der Waals surface area contributed by atoms with Crippen LogP contribution in [0.3, 0.4) is 0 Å². The number of benzene rings is 1. The third kappa shape index (κ3) is 7.01. The van der Waals surface area contributed by atoms with Crippen LogP contribution >= 0.6 is 24.8 Å². The van der Waals surface area contributed by atoms with Crippen LogP contribution in [0.2, 0.25) is 0 Å². The van der Waals surface area contributed by atoms with Gasteiger partial charge in [-0.2, -0.15) is 0 Å². The largest absolute Gasteiger partial charge is 0.352 e. The van der Waals surface area contributed by atoms with Gasteiger partial charge < -0.3 is 20.9 Å². The van der Waals surface area contributed by atoms with Crippen LogP contribution in [0.25, 0.3) is 0 Å². The van der Waals surface area contributed by atoms with Gasteiger partial charge in [0.2, 0.25) is 11.8 Å². The summed E-state index contributed by atoms with van der Waals surface area (Å²) in [5.74, 6) is -4.65. The van der Waals surface area contributed by atoms with E-state index < -0.39 is 29.5 Å². The van der Waals surface area contributed by atoms with E-state index in [9.17, 15) is 22.8 Å². The van der Waals surface area contributed by atoms with Crippen molar-refractivity contribution in [3.63, 3.8) is 0 Å². The molecule has 11 heteroatoms. The summed E-state index contributed by atoms with van der Waals surface area (Å²) in [6.07, 6.45) is -0.240. The fraction of sp³-hybridized carbons (Fsp3) is 0.579. The molecule has 2 atom stereocenters. The van der Waals surface area contributed by atoms with Crippen LogP contribution in [-0.4, -0.2) is 66.4 Å². The molecule has 3 N–H and O–H groups in total. The van der Waals surface area contributed by atoms with Gasteiger partial charge in [-0.15, -0.1) is 24.8 Å². The number of nitrogens with two attached hydrogens (primary N) is 1. The fourth-order valence-electron chi connectivity index (χ4n) is 3.34. The van der Waals surface area contributed by atoms with Crippen LogP contribution in [0.15, 0.2) is 12.1 Å². The molecule has 172 valence electrons. The van der Waals surface area contributed by atoms with Crippen LogP contribution in [0.5, 0.6) is 0 Å². The van der Waals surface area contributed by atoms with Crippen LogP contribution < -0.4 is 11.1 Å². The Morgan fingerprint density at radius 2 is 1.87 bits per heavy atom. The van der Waals surface area contributed by atoms with E-state index in [1.54, 1.807) is 0 Å². The zero-order valence-electron chi connectivity index (χ0n) is 17.0. The lowest BCUT2D eigenvalue weighted by molar-refractivity contribution is -0.144. The van der Waals surface area contributed by atoms with Gasteiger partial charge in [0.1, 0.15) is 6.04 Å². The Balaban J connectivity index is 0.00000420. The van der Waals surface area contributed by atoms with Crippen LogP contribution in [0, 0.1) is 17.5 Å². The average Bonchev–Trinajstić information content (AvgIpc) is 2.67. The smallest absolute Gasteiger partial charge is 0.244 e. The summed E-state index contributed by atoms with van der Waals surface area (Å²) in [5, 5.41) is 2.77. The summed E-state index contributed by atoms with van der Waals surface area (Å²) in [4.78, 5) is 28.6. The van der Waals surface area contributed by atoms with Crippen molar-refractivity contribution in [2.24, 2.45) is 5.73 Å². The van der Waals surface area contributed by atoms with Crippen LogP contribution in [0.4, 0.5) is 13.2 Å². The molecule has 0 aromatic heterocycles. The Kier molecular flexibility index (Phi) is 12.3. The molecule has 1 saturated heterocycles. The molecule has 1 aliphatic heterocycles. The Hall–Kier alpha value is -1.55. The average molecular weight is 473 g/mol. The molecule has 30 heavy (non-hydrogen) atoms. The lowest BCUT2D eigenvalue weighted by Gasteiger charge is -2.38. The minimum atomic E-state index is -1.55. The van der Waals surface area contributed by atoms with Crippen molar-refractivity contribution < 1.29 is 22.8 Å². The normalized spacial score (nSPS) is 17.1. The molecular weight excluding hydrogens is 444 g/mol. The number of hydrogen-bond donors (Lipinski definition) is 2. The van der Waals surface area contributed by atoms with E-state index >= 15 is 0 Å². The lowest BCUT2D eigenvalue weighted by atomic mass is 10.0. The number of rotatable bonds is 8. The topological polar surface area (TPSA) is 78.7 Å². The summed E-state index contributed by atoms with van der Waals surface area (Å²) < 4.78 is 40.2. The first-order chi connectivity index (χ1) is 13.3. The molecule has 0 saturated carbocycles. The Bertz CT molecular complexity index is 723. The highest BCUT2D eigenvalue weighted by Gasteiger charge is 2.34. The molecule has 0 radical (unpaired) electrons. The van der Waals surface area contributed by atoms with E-state index in [2.05, 4.69) is 5.32 Å². The summed E-state index contributed by atoms with van der Waals surface area (Å²) >= 11 is 0. The first-order valence-corrected chi connectivity index (χ1v) is 9.45. The molecule has 1 fully saturated rings. The van der Waals surface area contributed by atoms with Gasteiger partial charge in [-0.05, 0) is 31.1 Å². The molecule has 0 spiro atoms. The minimum absolute atomic E-state index is 0. The van der Waals surface area contributed by atoms with E-state index in [1.165, 1.54) is 4.90 Å². The second-order valence-electron chi connectivity index (χ2n) is 6.88. The highest BCUT2D eigenvalue weighted by molar-refractivity contribution is 5.89. The van der Waals surface area contributed by atoms with Gasteiger partial charge in [0.15, 0.2) is 17.5 Å². The summed E-state index contributed by atoms with van der Waals surface area (Å²) in [7, 11) is 0. The first-order valence-electron chi connectivity index (χ1n) is 9.45. The van der Waals surface area contributed by atoms with Gasteiger partial charge in [-0.25, -0.2) is 13.2 Å². The van der Waals surface area contributed by atoms with Gasteiger partial charge in [-0.1, -0.05) is 19.9 Å². The Morgan fingerprint density at radius 1 is 1.23 bits per heavy atom. The maximum atomic E-state index is 13.8. The highest BCUT2D eigenvalue weighted by Crippen LogP contribution is 2.18. The SMILES string of the molecule is CCN(CC)CC1C(=O)NCCN1C(=O)CC(N)Cc1ccc(F)c(F)c1F.Cl.Cl. The van der Waals surface area contributed by atoms with Gasteiger partial charge in [-0.3, -0.25) is 9.59 Å². The number of piperazine rings is 1. The van der Waals surface area contributed by atoms with Crippen LogP contribution in [-0.2, 0) is 16.0 Å². The molecular formula is C19H29Cl2F3N4O2. The van der Waals surface area contributed by atoms with Crippen molar-refractivity contribution in [1.29, 1.82) is 0 Å². The minimum Gasteiger partial charge on any atom is -0.352 e. The molecule has 2 unspecified atom stereocenters. The second kappa shape index (κ2) is 13.0. The molecule has 1 aliphatic rings. The third-order valence-corrected chi connectivity index (χ3v) is 5.01. The van der Waals surface area contributed by atoms with Gasteiger partial charge in [0.05, 0.1) is 0 Å². The standard InChI is InChI=1S/C19H27F3N4O2.2ClH/c1-3-25(4-2)11-15-19(28)24-7-8-26(15)16(27)10-13(23)9-12-5-6-14(20)18(22)17(12)21;;/h5-6,13,15H,3-4,7-11,23H2,1-2H3,(H,24,28);2*1H. The molecule has 1 aromatic rings. The van der Waals surface area contributed by atoms with E-state index in [-0.39, 0.29) is 55.0 Å². The van der Waals surface area contributed by atoms with Crippen molar-refractivity contribution >= 4 is 36.6 Å². The molecule has 2 amide bonds. The molecule has 1 heterocycles. The summed E-state index contributed by atoms with van der Waals surface area (Å²) in [6, 6.07) is 0.548. The van der Waals surface area contributed by atoms with Crippen molar-refractivity contribution in [3.05, 3.63) is 35.1 Å². The first kappa shape index (κ1) is 28.5. The number of hydrogen-bond acceptors (Lipinski definition) is 4. The lowest BCUT2D eigenvalue weighted by Crippen LogP contribution is -2.61. The number of nitrogens with one attached hydrogen (secondary N) is 1. The number of nitrogens with zero attached hydrogens (tertiary/aromatic N) is 2. The zero-order valence-corrected chi connectivity index (χ0v) is 18.6. The molecule has 0 aliphatic carbocycles. The maximum Gasteiger partial charge on any atom is 0.244 e. The number of carbonyl (C=O) groups is 2. The quantitative estimate of drug-likeness (QED) is 0.566. The predicted molar refractivity (Wildman–Crippen MR) is 113 cm³/mol. The van der Waals surface area contributed by atoms with E-state index in [0.717, 1.165) is 25.2 Å². The molecule has 6 nitrogen and oxygen atoms in total. The van der Waals surface area contributed by atoms with Crippen LogP contribution in [0.1, 0.15) is 25.8 Å². The fourth-order valence-corrected chi connectivity index (χ4v) is 3.34. The highest BCUT2D eigenvalue weighted by atomic mass is 35.5. The van der Waals surface area contributed by atoms with E-state index in [1.807, 2.05) is 18.7 Å². The van der Waals surface area contributed by atoms with Crippen molar-refractivity contribution in [3.8, 4) is 0 Å². The summed E-state index contributed by atoms with van der Waals surface area (Å²) in [6.45, 7) is 6.58. The molecule has 1 aromatic carbocycles. The number of amides is 2. The Labute approximate surface area is 187 Å². The molecule has 2 rings (SSSR count). The maximum absolute atomic E-state index is 13.8. The second-order valence-corrected chi connectivity index (χ2v) is 6.88. The Morgan fingerprint density at radius 3 is 2.47 bits per heavy atom. The number of likely N-dealkylation sites (N-methyl/N-ethyl adjacent to an activating group) is 1. The van der Waals surface area contributed by atoms with Crippen molar-refractivity contribution in [2.45, 2.75) is 38.8 Å². The summed E-state index contributed by atoms with van der Waals surface area (Å²) in [5.41, 5.74) is 5.87. The van der Waals surface area contributed by atoms with E-state index in [0.29, 0.717) is 19.6 Å². The number of carbonyl (C=O) groups excluding carboxylic acids is 2. The molecule has 0 bridgehead atoms. The predicted octanol–water partition coefficient (Wildman–Crippen LogP) is 1.88.